The van der Waals surface area contributed by atoms with Crippen molar-refractivity contribution >= 4 is 34.5 Å². The number of rotatable bonds is 19. The maximum absolute atomic E-state index is 13.2. The Bertz CT molecular complexity index is 2270. The van der Waals surface area contributed by atoms with Gasteiger partial charge in [-0.1, -0.05) is 23.4 Å². The Kier molecular flexibility index (Phi) is 12.6. The molecule has 0 saturated carbocycles. The minimum atomic E-state index is -1.04. The monoisotopic (exact) mass is 808 g/mol. The number of nitrogens with one attached hydrogen (secondary N) is 2. The Labute approximate surface area is 338 Å². The molecule has 0 spiro atoms. The number of ether oxygens (including phenoxy) is 5. The summed E-state index contributed by atoms with van der Waals surface area (Å²) < 4.78 is 34.9. The summed E-state index contributed by atoms with van der Waals surface area (Å²) in [6.07, 6.45) is 3.07. The summed E-state index contributed by atoms with van der Waals surface area (Å²) in [6.45, 7) is 5.59. The van der Waals surface area contributed by atoms with E-state index in [0.29, 0.717) is 44.6 Å². The van der Waals surface area contributed by atoms with Gasteiger partial charge in [-0.2, -0.15) is 5.21 Å². The smallest absolute Gasteiger partial charge is 0.266 e. The number of imide groups is 2. The Morgan fingerprint density at radius 3 is 2.36 bits per heavy atom. The van der Waals surface area contributed by atoms with Crippen molar-refractivity contribution in [3.8, 4) is 34.2 Å². The second-order valence-electron chi connectivity index (χ2n) is 14.3. The van der Waals surface area contributed by atoms with Crippen LogP contribution in [0.3, 0.4) is 0 Å². The van der Waals surface area contributed by atoms with Crippen molar-refractivity contribution in [3.63, 3.8) is 0 Å². The standard InChI is InChI=1S/C41H44N8O10/c50-35-11-10-33(39(51)42-35)49-40(52)30-6-2-7-34(36(30)41(49)53)57-23-22-56-21-20-55-19-18-54-17-3-14-48-15-12-28(13-16-48)58-29-5-1-4-26(24-29)37-31-25-27(38-43-46-47-44-38)8-9-32(31)45-59-37/h1-2,4-9,24-25,28,33H,3,10-23H2,(H,42,50,51)(H,43,44,46,47). The number of benzene rings is 3. The van der Waals surface area contributed by atoms with Crippen LogP contribution < -0.4 is 14.8 Å². The molecule has 4 amide bonds. The quantitative estimate of drug-likeness (QED) is 0.0904. The average Bonchev–Trinajstić information content (AvgIpc) is 4.00. The van der Waals surface area contributed by atoms with Crippen LogP contribution in [-0.4, -0.2) is 137 Å². The molecule has 1 unspecified atom stereocenters. The van der Waals surface area contributed by atoms with E-state index < -0.39 is 29.7 Å². The lowest BCUT2D eigenvalue weighted by Crippen LogP contribution is -2.54. The van der Waals surface area contributed by atoms with Gasteiger partial charge in [0.25, 0.3) is 11.8 Å². The van der Waals surface area contributed by atoms with E-state index in [2.05, 4.69) is 36.0 Å². The summed E-state index contributed by atoms with van der Waals surface area (Å²) in [6, 6.07) is 17.3. The van der Waals surface area contributed by atoms with E-state index in [1.807, 2.05) is 42.5 Å². The summed E-state index contributed by atoms with van der Waals surface area (Å²) in [5, 5.41) is 21.6. The molecule has 2 fully saturated rings. The molecule has 8 rings (SSSR count). The lowest BCUT2D eigenvalue weighted by atomic mass is 10.0. The molecule has 3 aromatic carbocycles. The third kappa shape index (κ3) is 9.30. The molecule has 5 aromatic rings. The number of fused-ring (bicyclic) bond motifs is 2. The summed E-state index contributed by atoms with van der Waals surface area (Å²) in [5.41, 5.74) is 2.71. The van der Waals surface area contributed by atoms with Crippen molar-refractivity contribution in [1.82, 2.24) is 40.9 Å². The van der Waals surface area contributed by atoms with Gasteiger partial charge in [0.05, 0.1) is 49.5 Å². The number of nitrogens with zero attached hydrogens (tertiary/aromatic N) is 6. The molecule has 2 aromatic heterocycles. The van der Waals surface area contributed by atoms with Crippen LogP contribution >= 0.6 is 0 Å². The van der Waals surface area contributed by atoms with Crippen molar-refractivity contribution in [2.75, 3.05) is 65.9 Å². The molecular formula is C41H44N8O10. The molecule has 3 aliphatic rings. The first-order valence-corrected chi connectivity index (χ1v) is 19.8. The molecule has 59 heavy (non-hydrogen) atoms. The van der Waals surface area contributed by atoms with E-state index >= 15 is 0 Å². The number of carbonyl (C=O) groups excluding carboxylic acids is 4. The average molecular weight is 809 g/mol. The van der Waals surface area contributed by atoms with E-state index in [9.17, 15) is 19.2 Å². The van der Waals surface area contributed by atoms with E-state index in [1.54, 1.807) is 12.1 Å². The topological polar surface area (TPSA) is 213 Å². The number of aromatic nitrogens is 5. The molecule has 0 bridgehead atoms. The third-order valence-electron chi connectivity index (χ3n) is 10.4. The highest BCUT2D eigenvalue weighted by Gasteiger charge is 2.46. The zero-order valence-corrected chi connectivity index (χ0v) is 32.3. The lowest BCUT2D eigenvalue weighted by Gasteiger charge is -2.32. The normalized spacial score (nSPS) is 17.5. The molecule has 2 saturated heterocycles. The fourth-order valence-corrected chi connectivity index (χ4v) is 7.47. The number of H-pyrrole nitrogens is 1. The van der Waals surface area contributed by atoms with E-state index in [0.717, 1.165) is 71.6 Å². The Hall–Kier alpha value is -6.08. The van der Waals surface area contributed by atoms with Gasteiger partial charge in [0.15, 0.2) is 5.76 Å². The van der Waals surface area contributed by atoms with Crippen molar-refractivity contribution in [2.24, 2.45) is 0 Å². The van der Waals surface area contributed by atoms with Crippen LogP contribution in [0.2, 0.25) is 0 Å². The summed E-state index contributed by atoms with van der Waals surface area (Å²) in [4.78, 5) is 53.4. The van der Waals surface area contributed by atoms with E-state index in [1.165, 1.54) is 6.07 Å². The SMILES string of the molecule is O=C1CCC(N2C(=O)c3cccc(OCCOCCOCCOCCCN4CCC(Oc5cccc(-c6onc7ccc(-c8nn[nH]n8)cc67)c5)CC4)c3C2=O)C(=O)N1. The summed E-state index contributed by atoms with van der Waals surface area (Å²) in [7, 11) is 0. The summed E-state index contributed by atoms with van der Waals surface area (Å²) >= 11 is 0. The van der Waals surface area contributed by atoms with Crippen LogP contribution in [0.1, 0.15) is 52.8 Å². The number of aromatic amines is 1. The van der Waals surface area contributed by atoms with Gasteiger partial charge in [0.1, 0.15) is 35.8 Å². The van der Waals surface area contributed by atoms with Crippen LogP contribution in [0.4, 0.5) is 0 Å². The second kappa shape index (κ2) is 18.7. The van der Waals surface area contributed by atoms with Gasteiger partial charge in [-0.3, -0.25) is 29.4 Å². The lowest BCUT2D eigenvalue weighted by molar-refractivity contribution is -0.136. The molecule has 0 radical (unpaired) electrons. The maximum atomic E-state index is 13.2. The predicted molar refractivity (Wildman–Crippen MR) is 208 cm³/mol. The van der Waals surface area contributed by atoms with Gasteiger partial charge >= 0.3 is 0 Å². The van der Waals surface area contributed by atoms with E-state index in [-0.39, 0.29) is 49.0 Å². The first-order valence-electron chi connectivity index (χ1n) is 19.8. The Morgan fingerprint density at radius 1 is 0.797 bits per heavy atom. The van der Waals surface area contributed by atoms with Gasteiger partial charge in [-0.25, -0.2) is 0 Å². The van der Waals surface area contributed by atoms with Gasteiger partial charge < -0.3 is 33.1 Å². The van der Waals surface area contributed by atoms with Crippen LogP contribution in [0.5, 0.6) is 11.5 Å². The number of tetrazole rings is 1. The largest absolute Gasteiger partial charge is 0.490 e. The fourth-order valence-electron chi connectivity index (χ4n) is 7.47. The van der Waals surface area contributed by atoms with Gasteiger partial charge in [0.2, 0.25) is 17.6 Å². The van der Waals surface area contributed by atoms with Gasteiger partial charge in [-0.15, -0.1) is 10.2 Å². The zero-order valence-electron chi connectivity index (χ0n) is 32.3. The van der Waals surface area contributed by atoms with Crippen molar-refractivity contribution in [3.05, 3.63) is 71.8 Å². The third-order valence-corrected chi connectivity index (χ3v) is 10.4. The number of piperidine rings is 2. The van der Waals surface area contributed by atoms with Crippen molar-refractivity contribution in [2.45, 2.75) is 44.2 Å². The van der Waals surface area contributed by atoms with Crippen molar-refractivity contribution in [1.29, 1.82) is 0 Å². The molecule has 1 atom stereocenters. The highest BCUT2D eigenvalue weighted by atomic mass is 16.6. The zero-order chi connectivity index (χ0) is 40.6. The number of amides is 4. The summed E-state index contributed by atoms with van der Waals surface area (Å²) in [5.74, 6) is -0.0895. The number of hydrogen-bond donors (Lipinski definition) is 2. The second-order valence-corrected chi connectivity index (χ2v) is 14.3. The first-order chi connectivity index (χ1) is 28.9. The highest BCUT2D eigenvalue weighted by Crippen LogP contribution is 2.35. The first kappa shape index (κ1) is 39.7. The molecule has 308 valence electrons. The maximum Gasteiger partial charge on any atom is 0.266 e. The Balaban J connectivity index is 0.661. The van der Waals surface area contributed by atoms with Crippen LogP contribution in [0.25, 0.3) is 33.6 Å². The minimum Gasteiger partial charge on any atom is -0.490 e. The molecule has 5 heterocycles. The van der Waals surface area contributed by atoms with Crippen LogP contribution in [0.15, 0.2) is 65.2 Å². The van der Waals surface area contributed by atoms with Crippen LogP contribution in [-0.2, 0) is 23.8 Å². The predicted octanol–water partition coefficient (Wildman–Crippen LogP) is 3.44. The molecule has 18 nitrogen and oxygen atoms in total. The molecule has 18 heteroatoms. The number of carbonyl (C=O) groups is 4. The number of likely N-dealkylation sites (tertiary alicyclic amines) is 1. The Morgan fingerprint density at radius 2 is 1.58 bits per heavy atom. The van der Waals surface area contributed by atoms with E-state index in [4.69, 9.17) is 28.2 Å². The van der Waals surface area contributed by atoms with Crippen molar-refractivity contribution < 1.29 is 47.4 Å². The van der Waals surface area contributed by atoms with Gasteiger partial charge in [-0.05, 0) is 73.4 Å². The van der Waals surface area contributed by atoms with Gasteiger partial charge in [0, 0.05) is 43.8 Å². The molecule has 2 N–H and O–H groups in total. The molecule has 3 aliphatic heterocycles. The fraction of sp³-hybridized carbons (Fsp3) is 0.415. The molecule has 0 aliphatic carbocycles. The highest BCUT2D eigenvalue weighted by molar-refractivity contribution is 6.24. The minimum absolute atomic E-state index is 0.0528. The van der Waals surface area contributed by atoms with Crippen LogP contribution in [0, 0.1) is 0 Å². The number of hydrogen-bond acceptors (Lipinski definition) is 15. The molecular weight excluding hydrogens is 764 g/mol.